The van der Waals surface area contributed by atoms with Gasteiger partial charge in [0.1, 0.15) is 23.7 Å². The molecule has 2 saturated heterocycles. The molecule has 52 heavy (non-hydrogen) atoms. The first-order valence-corrected chi connectivity index (χ1v) is 18.1. The van der Waals surface area contributed by atoms with Crippen LogP contribution in [-0.2, 0) is 9.59 Å². The van der Waals surface area contributed by atoms with Gasteiger partial charge in [0.05, 0.1) is 42.4 Å². The number of nitrogens with zero attached hydrogens (tertiary/aromatic N) is 5. The maximum absolute atomic E-state index is 13.7. The first-order valence-electron chi connectivity index (χ1n) is 18.1. The van der Waals surface area contributed by atoms with Crippen molar-refractivity contribution in [2.75, 3.05) is 26.2 Å². The Morgan fingerprint density at radius 1 is 0.769 bits per heavy atom. The highest BCUT2D eigenvalue weighted by Gasteiger charge is 2.38. The summed E-state index contributed by atoms with van der Waals surface area (Å²) >= 11 is 0. The molecule has 5 heterocycles. The van der Waals surface area contributed by atoms with Crippen LogP contribution in [0.4, 0.5) is 4.79 Å². The molecule has 3 aliphatic heterocycles. The molecule has 3 aliphatic rings. The smallest absolute Gasteiger partial charge is 0.405 e. The number of likely N-dealkylation sites (tertiary alicyclic amines) is 2. The third-order valence-corrected chi connectivity index (χ3v) is 10.2. The lowest BCUT2D eigenvalue weighted by atomic mass is 10.0. The van der Waals surface area contributed by atoms with Crippen molar-refractivity contribution in [1.29, 1.82) is 0 Å². The van der Waals surface area contributed by atoms with E-state index in [9.17, 15) is 14.4 Å². The van der Waals surface area contributed by atoms with E-state index < -0.39 is 12.1 Å². The van der Waals surface area contributed by atoms with E-state index >= 15 is 0 Å². The Morgan fingerprint density at radius 3 is 1.73 bits per heavy atom. The molecule has 0 radical (unpaired) electrons. The van der Waals surface area contributed by atoms with Crippen LogP contribution in [0.15, 0.2) is 65.9 Å². The molecular formula is C38H46N10O4. The van der Waals surface area contributed by atoms with Crippen molar-refractivity contribution in [2.24, 2.45) is 10.9 Å². The lowest BCUT2D eigenvalue weighted by Crippen LogP contribution is -2.53. The quantitative estimate of drug-likeness (QED) is 0.137. The van der Waals surface area contributed by atoms with E-state index in [1.165, 1.54) is 0 Å². The molecule has 272 valence electrons. The Hall–Kier alpha value is -5.66. The maximum atomic E-state index is 13.7. The van der Waals surface area contributed by atoms with Gasteiger partial charge in [-0.05, 0) is 60.8 Å². The molecule has 2 fully saturated rings. The minimum atomic E-state index is -1.22. The van der Waals surface area contributed by atoms with Gasteiger partial charge in [-0.2, -0.15) is 0 Å². The van der Waals surface area contributed by atoms with Crippen LogP contribution in [0.2, 0.25) is 0 Å². The first-order chi connectivity index (χ1) is 25.2. The van der Waals surface area contributed by atoms with Gasteiger partial charge in [-0.25, -0.2) is 14.8 Å². The number of amides is 3. The maximum Gasteiger partial charge on any atom is 0.405 e. The van der Waals surface area contributed by atoms with Crippen LogP contribution < -0.4 is 16.0 Å². The zero-order valence-electron chi connectivity index (χ0n) is 29.7. The fourth-order valence-corrected chi connectivity index (χ4v) is 7.45. The summed E-state index contributed by atoms with van der Waals surface area (Å²) in [6.45, 7) is 8.43. The van der Waals surface area contributed by atoms with Crippen LogP contribution in [0.1, 0.15) is 70.2 Å². The van der Waals surface area contributed by atoms with Crippen LogP contribution >= 0.6 is 0 Å². The second-order valence-corrected chi connectivity index (χ2v) is 14.1. The number of hydrogen-bond acceptors (Lipinski definition) is 8. The largest absolute Gasteiger partial charge is 0.465 e. The summed E-state index contributed by atoms with van der Waals surface area (Å²) in [6, 6.07) is 15.1. The monoisotopic (exact) mass is 706 g/mol. The zero-order valence-corrected chi connectivity index (χ0v) is 29.7. The van der Waals surface area contributed by atoms with E-state index in [-0.39, 0.29) is 35.9 Å². The van der Waals surface area contributed by atoms with Crippen LogP contribution in [0, 0.1) is 5.92 Å². The number of H-pyrrole nitrogens is 2. The van der Waals surface area contributed by atoms with E-state index in [0.29, 0.717) is 31.4 Å². The number of nitrogens with one attached hydrogen (secondary N) is 5. The fourth-order valence-electron chi connectivity index (χ4n) is 7.45. The number of aliphatic imine (C=N–C) groups is 1. The van der Waals surface area contributed by atoms with E-state index in [1.807, 2.05) is 23.2 Å². The number of hydrogen-bond donors (Lipinski definition) is 6. The standard InChI is InChI=1S/C38H46N10O4/c1-22(2)32(46-37-39-16-17-40-37)36(50)48-19-5-7-31(48)34-42-21-29(45-34)27-14-10-25(11-15-27)24-8-12-26(13-9-24)28-20-41-33(44-28)30-6-4-18-47(30)35(49)23(3)43-38(51)52/h8-15,20-23,30-32,43H,4-7,16-19H2,1-3H3,(H,41,44)(H,42,45)(H,51,52)(H2,39,40,46)/t23-,30-,31-,32-/m0/s1. The van der Waals surface area contributed by atoms with Crippen molar-refractivity contribution >= 4 is 23.9 Å². The molecule has 6 N–H and O–H groups in total. The highest BCUT2D eigenvalue weighted by molar-refractivity contribution is 5.90. The number of aromatic amines is 2. The summed E-state index contributed by atoms with van der Waals surface area (Å²) in [5, 5.41) is 17.8. The summed E-state index contributed by atoms with van der Waals surface area (Å²) < 4.78 is 0. The number of carbonyl (C=O) groups is 3. The lowest BCUT2D eigenvalue weighted by Gasteiger charge is -2.30. The van der Waals surface area contributed by atoms with Crippen molar-refractivity contribution in [1.82, 2.24) is 45.7 Å². The molecular weight excluding hydrogens is 660 g/mol. The van der Waals surface area contributed by atoms with Gasteiger partial charge in [0.25, 0.3) is 0 Å². The van der Waals surface area contributed by atoms with Gasteiger partial charge < -0.3 is 40.8 Å². The van der Waals surface area contributed by atoms with Gasteiger partial charge in [-0.15, -0.1) is 0 Å². The molecule has 2 aromatic carbocycles. The van der Waals surface area contributed by atoms with E-state index in [2.05, 4.69) is 86.1 Å². The van der Waals surface area contributed by atoms with Gasteiger partial charge in [-0.1, -0.05) is 62.4 Å². The topological polar surface area (TPSA) is 184 Å². The Balaban J connectivity index is 0.996. The lowest BCUT2D eigenvalue weighted by molar-refractivity contribution is -0.135. The normalized spacial score (nSPS) is 19.7. The summed E-state index contributed by atoms with van der Waals surface area (Å²) in [6.07, 6.45) is 5.79. The van der Waals surface area contributed by atoms with Crippen LogP contribution in [0.5, 0.6) is 0 Å². The van der Waals surface area contributed by atoms with E-state index in [1.54, 1.807) is 18.0 Å². The molecule has 3 amide bonds. The van der Waals surface area contributed by atoms with Crippen LogP contribution in [0.3, 0.4) is 0 Å². The number of carboxylic acid groups (broad SMARTS) is 1. The second kappa shape index (κ2) is 14.9. The molecule has 14 heteroatoms. The zero-order chi connectivity index (χ0) is 36.4. The van der Waals surface area contributed by atoms with Crippen molar-refractivity contribution in [3.63, 3.8) is 0 Å². The molecule has 0 bridgehead atoms. The number of carbonyl (C=O) groups excluding carboxylic acids is 2. The third kappa shape index (κ3) is 7.23. The first kappa shape index (κ1) is 34.8. The summed E-state index contributed by atoms with van der Waals surface area (Å²) in [7, 11) is 0. The van der Waals surface area contributed by atoms with Crippen molar-refractivity contribution in [3.05, 3.63) is 72.6 Å². The number of rotatable bonds is 10. The highest BCUT2D eigenvalue weighted by Crippen LogP contribution is 2.35. The van der Waals surface area contributed by atoms with E-state index in [0.717, 1.165) is 71.7 Å². The average Bonchev–Trinajstić information content (AvgIpc) is 3.99. The molecule has 0 saturated carbocycles. The minimum Gasteiger partial charge on any atom is -0.465 e. The fraction of sp³-hybridized carbons (Fsp3) is 0.421. The summed E-state index contributed by atoms with van der Waals surface area (Å²) in [5.74, 6) is 2.12. The number of imidazole rings is 2. The Kier molecular flexibility index (Phi) is 9.97. The van der Waals surface area contributed by atoms with Gasteiger partial charge in [0.2, 0.25) is 11.8 Å². The van der Waals surface area contributed by atoms with Gasteiger partial charge in [-0.3, -0.25) is 14.6 Å². The second-order valence-electron chi connectivity index (χ2n) is 14.1. The van der Waals surface area contributed by atoms with Gasteiger partial charge in [0.15, 0.2) is 5.96 Å². The molecule has 7 rings (SSSR count). The molecule has 4 atom stereocenters. The third-order valence-electron chi connectivity index (χ3n) is 10.2. The molecule has 0 aliphatic carbocycles. The Morgan fingerprint density at radius 2 is 1.27 bits per heavy atom. The predicted molar refractivity (Wildman–Crippen MR) is 197 cm³/mol. The average molecular weight is 707 g/mol. The SMILES string of the molecule is CC(C)[C@H](NC1=NCCN1)C(=O)N1CCC[C@H]1c1ncc(-c2ccc(-c3ccc(-c4cnc([C@@H]5CCCN5C(=O)[C@H](C)NC(=O)O)[nH]4)cc3)cc2)[nH]1. The number of aromatic nitrogens is 4. The molecule has 4 aromatic rings. The highest BCUT2D eigenvalue weighted by atomic mass is 16.4. The van der Waals surface area contributed by atoms with Crippen molar-refractivity contribution in [2.45, 2.75) is 70.6 Å². The minimum absolute atomic E-state index is 0.0736. The Bertz CT molecular complexity index is 1930. The van der Waals surface area contributed by atoms with E-state index in [4.69, 9.17) is 10.1 Å². The summed E-state index contributed by atoms with van der Waals surface area (Å²) in [4.78, 5) is 62.0. The molecule has 2 aromatic heterocycles. The van der Waals surface area contributed by atoms with Crippen molar-refractivity contribution in [3.8, 4) is 33.6 Å². The van der Waals surface area contributed by atoms with Crippen LogP contribution in [0.25, 0.3) is 33.6 Å². The molecule has 0 spiro atoms. The van der Waals surface area contributed by atoms with Gasteiger partial charge in [0, 0.05) is 19.6 Å². The molecule has 0 unspecified atom stereocenters. The Labute approximate surface area is 302 Å². The van der Waals surface area contributed by atoms with Gasteiger partial charge >= 0.3 is 6.09 Å². The number of guanidine groups is 1. The predicted octanol–water partition coefficient (Wildman–Crippen LogP) is 4.69. The summed E-state index contributed by atoms with van der Waals surface area (Å²) in [5.41, 5.74) is 5.89. The molecule has 14 nitrogen and oxygen atoms in total. The van der Waals surface area contributed by atoms with Crippen LogP contribution in [-0.4, -0.2) is 97.0 Å². The van der Waals surface area contributed by atoms with Crippen molar-refractivity contribution < 1.29 is 19.5 Å². The number of benzene rings is 2.